The molecule has 0 radical (unpaired) electrons. The summed E-state index contributed by atoms with van der Waals surface area (Å²) in [5, 5.41) is 13.8. The maximum atomic E-state index is 12.6. The summed E-state index contributed by atoms with van der Waals surface area (Å²) in [5.41, 5.74) is 0. The molecular weight excluding hydrogens is 282 g/mol. The number of aliphatic hydroxyl groups is 1. The van der Waals surface area contributed by atoms with Crippen molar-refractivity contribution in [2.24, 2.45) is 5.92 Å². The lowest BCUT2D eigenvalue weighted by Gasteiger charge is -2.29. The number of hydrogen-bond acceptors (Lipinski definition) is 5. The van der Waals surface area contributed by atoms with Gasteiger partial charge in [-0.2, -0.15) is 4.98 Å². The van der Waals surface area contributed by atoms with Gasteiger partial charge in [0, 0.05) is 18.4 Å². The highest BCUT2D eigenvalue weighted by atomic mass is 16.5. The molecule has 0 spiro atoms. The van der Waals surface area contributed by atoms with Crippen molar-refractivity contribution in [3.05, 3.63) is 11.7 Å². The van der Waals surface area contributed by atoms with Gasteiger partial charge in [0.05, 0.1) is 12.6 Å². The predicted molar refractivity (Wildman–Crippen MR) is 79.9 cm³/mol. The van der Waals surface area contributed by atoms with Gasteiger partial charge in [-0.15, -0.1) is 0 Å². The molecule has 1 aromatic heterocycles. The van der Waals surface area contributed by atoms with Gasteiger partial charge in [0.1, 0.15) is 0 Å². The molecule has 2 atom stereocenters. The van der Waals surface area contributed by atoms with Crippen molar-refractivity contribution < 1.29 is 14.4 Å². The third-order valence-electron chi connectivity index (χ3n) is 4.96. The van der Waals surface area contributed by atoms with Crippen LogP contribution in [0, 0.1) is 5.92 Å². The molecule has 0 bridgehead atoms. The molecule has 2 aliphatic rings. The largest absolute Gasteiger partial charge is 0.393 e. The van der Waals surface area contributed by atoms with Gasteiger partial charge in [0.2, 0.25) is 11.8 Å². The summed E-state index contributed by atoms with van der Waals surface area (Å²) in [6, 6.07) is 0. The van der Waals surface area contributed by atoms with Crippen LogP contribution in [0.1, 0.15) is 69.5 Å². The SMILES string of the molecule is CCN(Cc1noc(C2CCC2)n1)C(=O)[C@H]1CCC[C@H](O)C1. The zero-order chi connectivity index (χ0) is 15.5. The molecule has 22 heavy (non-hydrogen) atoms. The summed E-state index contributed by atoms with van der Waals surface area (Å²) >= 11 is 0. The topological polar surface area (TPSA) is 79.5 Å². The van der Waals surface area contributed by atoms with Gasteiger partial charge >= 0.3 is 0 Å². The summed E-state index contributed by atoms with van der Waals surface area (Å²) in [5.74, 6) is 1.77. The molecule has 2 aliphatic carbocycles. The summed E-state index contributed by atoms with van der Waals surface area (Å²) in [6.45, 7) is 2.99. The summed E-state index contributed by atoms with van der Waals surface area (Å²) in [4.78, 5) is 18.8. The number of hydrogen-bond donors (Lipinski definition) is 1. The monoisotopic (exact) mass is 307 g/mol. The summed E-state index contributed by atoms with van der Waals surface area (Å²) in [6.07, 6.45) is 6.31. The van der Waals surface area contributed by atoms with Crippen molar-refractivity contribution in [2.75, 3.05) is 6.54 Å². The Morgan fingerprint density at radius 3 is 2.73 bits per heavy atom. The lowest BCUT2D eigenvalue weighted by atomic mass is 9.85. The maximum absolute atomic E-state index is 12.6. The molecular formula is C16H25N3O3. The molecule has 3 rings (SSSR count). The van der Waals surface area contributed by atoms with E-state index >= 15 is 0 Å². The first-order valence-electron chi connectivity index (χ1n) is 8.46. The fraction of sp³-hybridized carbons (Fsp3) is 0.812. The van der Waals surface area contributed by atoms with Crippen molar-refractivity contribution >= 4 is 5.91 Å². The lowest BCUT2D eigenvalue weighted by molar-refractivity contribution is -0.138. The quantitative estimate of drug-likeness (QED) is 0.902. The second-order valence-electron chi connectivity index (χ2n) is 6.55. The van der Waals surface area contributed by atoms with Crippen LogP contribution in [0.25, 0.3) is 0 Å². The van der Waals surface area contributed by atoms with E-state index in [-0.39, 0.29) is 17.9 Å². The second-order valence-corrected chi connectivity index (χ2v) is 6.55. The number of aliphatic hydroxyl groups excluding tert-OH is 1. The minimum atomic E-state index is -0.336. The van der Waals surface area contributed by atoms with E-state index in [1.807, 2.05) is 6.92 Å². The van der Waals surface area contributed by atoms with Crippen molar-refractivity contribution in [3.63, 3.8) is 0 Å². The fourth-order valence-corrected chi connectivity index (χ4v) is 3.32. The van der Waals surface area contributed by atoms with Crippen LogP contribution in [-0.2, 0) is 11.3 Å². The number of amides is 1. The third kappa shape index (κ3) is 3.32. The first-order valence-corrected chi connectivity index (χ1v) is 8.46. The molecule has 0 saturated heterocycles. The van der Waals surface area contributed by atoms with E-state index in [9.17, 15) is 9.90 Å². The minimum absolute atomic E-state index is 0.0679. The first kappa shape index (κ1) is 15.5. The average Bonchev–Trinajstić information content (AvgIpc) is 2.90. The zero-order valence-electron chi connectivity index (χ0n) is 13.2. The standard InChI is InChI=1S/C16H25N3O3/c1-2-19(16(21)12-7-4-8-13(20)9-12)10-14-17-15(22-18-14)11-5-3-6-11/h11-13,20H,2-10H2,1H3/t12-,13-/m0/s1. The maximum Gasteiger partial charge on any atom is 0.229 e. The van der Waals surface area contributed by atoms with Gasteiger partial charge in [-0.1, -0.05) is 18.0 Å². The molecule has 1 aromatic rings. The molecule has 2 saturated carbocycles. The molecule has 1 heterocycles. The summed E-state index contributed by atoms with van der Waals surface area (Å²) < 4.78 is 5.32. The minimum Gasteiger partial charge on any atom is -0.393 e. The molecule has 2 fully saturated rings. The Labute approximate surface area is 130 Å². The lowest BCUT2D eigenvalue weighted by Crippen LogP contribution is -2.38. The average molecular weight is 307 g/mol. The number of nitrogens with zero attached hydrogens (tertiary/aromatic N) is 3. The van der Waals surface area contributed by atoms with Crippen LogP contribution in [0.4, 0.5) is 0 Å². The van der Waals surface area contributed by atoms with Gasteiger partial charge in [-0.3, -0.25) is 4.79 Å². The Kier molecular flexibility index (Phi) is 4.76. The Balaban J connectivity index is 1.60. The van der Waals surface area contributed by atoms with Gasteiger partial charge in [0.25, 0.3) is 0 Å². The Morgan fingerprint density at radius 1 is 1.32 bits per heavy atom. The predicted octanol–water partition coefficient (Wildman–Crippen LogP) is 2.24. The third-order valence-corrected chi connectivity index (χ3v) is 4.96. The van der Waals surface area contributed by atoms with Crippen LogP contribution < -0.4 is 0 Å². The van der Waals surface area contributed by atoms with Crippen LogP contribution in [0.15, 0.2) is 4.52 Å². The van der Waals surface area contributed by atoms with Crippen molar-refractivity contribution in [1.29, 1.82) is 0 Å². The molecule has 122 valence electrons. The number of carbonyl (C=O) groups excluding carboxylic acids is 1. The molecule has 0 unspecified atom stereocenters. The first-order chi connectivity index (χ1) is 10.7. The molecule has 6 nitrogen and oxygen atoms in total. The van der Waals surface area contributed by atoms with Gasteiger partial charge in [0.15, 0.2) is 5.82 Å². The molecule has 1 amide bonds. The van der Waals surface area contributed by atoms with Crippen LogP contribution in [-0.4, -0.2) is 38.7 Å². The van der Waals surface area contributed by atoms with Crippen LogP contribution in [0.5, 0.6) is 0 Å². The number of carbonyl (C=O) groups is 1. The Bertz CT molecular complexity index is 512. The normalized spacial score (nSPS) is 25.7. The highest BCUT2D eigenvalue weighted by molar-refractivity contribution is 5.78. The number of rotatable bonds is 5. The highest BCUT2D eigenvalue weighted by Gasteiger charge is 2.30. The van der Waals surface area contributed by atoms with E-state index in [1.54, 1.807) is 4.90 Å². The second kappa shape index (κ2) is 6.77. The van der Waals surface area contributed by atoms with Gasteiger partial charge in [-0.05, 0) is 39.0 Å². The van der Waals surface area contributed by atoms with E-state index in [0.29, 0.717) is 31.3 Å². The van der Waals surface area contributed by atoms with E-state index in [4.69, 9.17) is 4.52 Å². The van der Waals surface area contributed by atoms with E-state index in [0.717, 1.165) is 38.0 Å². The molecule has 0 aliphatic heterocycles. The highest BCUT2D eigenvalue weighted by Crippen LogP contribution is 2.35. The Morgan fingerprint density at radius 2 is 2.09 bits per heavy atom. The van der Waals surface area contributed by atoms with E-state index < -0.39 is 0 Å². The van der Waals surface area contributed by atoms with Crippen molar-refractivity contribution in [3.8, 4) is 0 Å². The number of aromatic nitrogens is 2. The van der Waals surface area contributed by atoms with Gasteiger partial charge in [-0.25, -0.2) is 0 Å². The van der Waals surface area contributed by atoms with Gasteiger partial charge < -0.3 is 14.5 Å². The smallest absolute Gasteiger partial charge is 0.229 e. The van der Waals surface area contributed by atoms with Crippen molar-refractivity contribution in [1.82, 2.24) is 15.0 Å². The molecule has 6 heteroatoms. The van der Waals surface area contributed by atoms with Crippen LogP contribution >= 0.6 is 0 Å². The zero-order valence-corrected chi connectivity index (χ0v) is 13.2. The Hall–Kier alpha value is -1.43. The molecule has 0 aromatic carbocycles. The fourth-order valence-electron chi connectivity index (χ4n) is 3.32. The molecule has 1 N–H and O–H groups in total. The van der Waals surface area contributed by atoms with E-state index in [1.165, 1.54) is 6.42 Å². The van der Waals surface area contributed by atoms with Crippen LogP contribution in [0.3, 0.4) is 0 Å². The van der Waals surface area contributed by atoms with Crippen LogP contribution in [0.2, 0.25) is 0 Å². The summed E-state index contributed by atoms with van der Waals surface area (Å²) in [7, 11) is 0. The van der Waals surface area contributed by atoms with E-state index in [2.05, 4.69) is 10.1 Å². The van der Waals surface area contributed by atoms with Crippen molar-refractivity contribution in [2.45, 2.75) is 70.4 Å².